The first-order chi connectivity index (χ1) is 12.1. The molecule has 1 unspecified atom stereocenters. The molecule has 0 aliphatic carbocycles. The Morgan fingerprint density at radius 2 is 1.76 bits per heavy atom. The van der Waals surface area contributed by atoms with Crippen LogP contribution in [0.5, 0.6) is 0 Å². The van der Waals surface area contributed by atoms with Crippen LogP contribution in [-0.4, -0.2) is 60.4 Å². The van der Waals surface area contributed by atoms with Gasteiger partial charge in [0.25, 0.3) is 0 Å². The summed E-state index contributed by atoms with van der Waals surface area (Å²) in [6.07, 6.45) is 5.29. The summed E-state index contributed by atoms with van der Waals surface area (Å²) < 4.78 is 0. The SMILES string of the molecule is CC(CCC(=O)N1CCN(c2ccccc2)C(=O)C1)N1CCCCC1. The van der Waals surface area contributed by atoms with Crippen LogP contribution < -0.4 is 4.90 Å². The molecule has 2 amide bonds. The van der Waals surface area contributed by atoms with Gasteiger partial charge in [0.15, 0.2) is 0 Å². The van der Waals surface area contributed by atoms with E-state index >= 15 is 0 Å². The lowest BCUT2D eigenvalue weighted by Crippen LogP contribution is -2.52. The molecular weight excluding hydrogens is 314 g/mol. The second-order valence-electron chi connectivity index (χ2n) is 7.18. The maximum Gasteiger partial charge on any atom is 0.246 e. The van der Waals surface area contributed by atoms with E-state index in [0.29, 0.717) is 25.6 Å². The van der Waals surface area contributed by atoms with Gasteiger partial charge in [-0.2, -0.15) is 0 Å². The van der Waals surface area contributed by atoms with Crippen molar-refractivity contribution in [3.8, 4) is 0 Å². The minimum atomic E-state index is 0.00915. The van der Waals surface area contributed by atoms with Gasteiger partial charge in [-0.1, -0.05) is 24.6 Å². The molecule has 5 nitrogen and oxygen atoms in total. The van der Waals surface area contributed by atoms with Crippen LogP contribution in [0.2, 0.25) is 0 Å². The van der Waals surface area contributed by atoms with Crippen molar-refractivity contribution in [2.75, 3.05) is 37.6 Å². The quantitative estimate of drug-likeness (QED) is 0.825. The number of hydrogen-bond acceptors (Lipinski definition) is 3. The normalized spacial score (nSPS) is 20.6. The van der Waals surface area contributed by atoms with Gasteiger partial charge in [-0.05, 0) is 51.4 Å². The predicted octanol–water partition coefficient (Wildman–Crippen LogP) is 2.52. The summed E-state index contributed by atoms with van der Waals surface area (Å²) in [6.45, 7) is 5.93. The molecule has 25 heavy (non-hydrogen) atoms. The Balaban J connectivity index is 1.46. The summed E-state index contributed by atoms with van der Waals surface area (Å²) >= 11 is 0. The minimum Gasteiger partial charge on any atom is -0.332 e. The van der Waals surface area contributed by atoms with Crippen molar-refractivity contribution in [2.24, 2.45) is 0 Å². The van der Waals surface area contributed by atoms with Gasteiger partial charge in [-0.15, -0.1) is 0 Å². The Kier molecular flexibility index (Phi) is 6.08. The van der Waals surface area contributed by atoms with E-state index in [4.69, 9.17) is 0 Å². The summed E-state index contributed by atoms with van der Waals surface area (Å²) in [5, 5.41) is 0. The van der Waals surface area contributed by atoms with Crippen LogP contribution in [0.3, 0.4) is 0 Å². The summed E-state index contributed by atoms with van der Waals surface area (Å²) in [7, 11) is 0. The third-order valence-corrected chi connectivity index (χ3v) is 5.43. The number of amides is 2. The molecule has 1 atom stereocenters. The molecule has 0 spiro atoms. The molecule has 0 saturated carbocycles. The average Bonchev–Trinajstić information content (AvgIpc) is 2.67. The number of benzene rings is 1. The highest BCUT2D eigenvalue weighted by Gasteiger charge is 2.28. The number of hydrogen-bond donors (Lipinski definition) is 0. The lowest BCUT2D eigenvalue weighted by atomic mass is 10.1. The molecule has 2 aliphatic rings. The molecule has 1 aromatic rings. The van der Waals surface area contributed by atoms with Gasteiger partial charge in [0, 0.05) is 31.2 Å². The fraction of sp³-hybridized carbons (Fsp3) is 0.600. The molecule has 0 bridgehead atoms. The van der Waals surface area contributed by atoms with Gasteiger partial charge in [0.05, 0.1) is 0 Å². The van der Waals surface area contributed by atoms with Crippen LogP contribution in [0.4, 0.5) is 5.69 Å². The highest BCUT2D eigenvalue weighted by atomic mass is 16.2. The second kappa shape index (κ2) is 8.48. The molecule has 2 saturated heterocycles. The lowest BCUT2D eigenvalue weighted by Gasteiger charge is -2.35. The summed E-state index contributed by atoms with van der Waals surface area (Å²) in [5.74, 6) is 0.125. The molecule has 3 rings (SSSR count). The fourth-order valence-corrected chi connectivity index (χ4v) is 3.80. The van der Waals surface area contributed by atoms with Crippen LogP contribution in [0, 0.1) is 0 Å². The average molecular weight is 343 g/mol. The number of carbonyl (C=O) groups is 2. The maximum absolute atomic E-state index is 12.5. The van der Waals surface area contributed by atoms with Gasteiger partial charge < -0.3 is 14.7 Å². The van der Waals surface area contributed by atoms with E-state index in [2.05, 4.69) is 11.8 Å². The Hall–Kier alpha value is -1.88. The maximum atomic E-state index is 12.5. The van der Waals surface area contributed by atoms with E-state index in [1.807, 2.05) is 30.3 Å². The first-order valence-electron chi connectivity index (χ1n) is 9.52. The van der Waals surface area contributed by atoms with Crippen molar-refractivity contribution in [3.63, 3.8) is 0 Å². The fourth-order valence-electron chi connectivity index (χ4n) is 3.80. The van der Waals surface area contributed by atoms with Gasteiger partial charge in [0.2, 0.25) is 11.8 Å². The molecule has 0 radical (unpaired) electrons. The first-order valence-corrected chi connectivity index (χ1v) is 9.52. The number of piperazine rings is 1. The lowest BCUT2D eigenvalue weighted by molar-refractivity contribution is -0.137. The third-order valence-electron chi connectivity index (χ3n) is 5.43. The molecule has 2 fully saturated rings. The van der Waals surface area contributed by atoms with Gasteiger partial charge in [0.1, 0.15) is 6.54 Å². The highest BCUT2D eigenvalue weighted by molar-refractivity contribution is 5.97. The van der Waals surface area contributed by atoms with Crippen LogP contribution in [0.15, 0.2) is 30.3 Å². The van der Waals surface area contributed by atoms with E-state index in [1.165, 1.54) is 19.3 Å². The number of carbonyl (C=O) groups excluding carboxylic acids is 2. The Morgan fingerprint density at radius 3 is 2.44 bits per heavy atom. The van der Waals surface area contributed by atoms with Crippen LogP contribution in [0.1, 0.15) is 39.0 Å². The molecule has 1 aromatic carbocycles. The standard InChI is InChI=1S/C20H29N3O2/c1-17(21-12-6-3-7-13-21)10-11-19(24)22-14-15-23(20(25)16-22)18-8-4-2-5-9-18/h2,4-5,8-9,17H,3,6-7,10-16H2,1H3. The minimum absolute atomic E-state index is 0.00915. The number of anilines is 1. The first kappa shape index (κ1) is 17.9. The number of nitrogens with zero attached hydrogens (tertiary/aromatic N) is 3. The topological polar surface area (TPSA) is 43.9 Å². The zero-order valence-corrected chi connectivity index (χ0v) is 15.2. The Labute approximate surface area is 150 Å². The van der Waals surface area contributed by atoms with E-state index in [0.717, 1.165) is 25.2 Å². The third kappa shape index (κ3) is 4.60. The Morgan fingerprint density at radius 1 is 1.04 bits per heavy atom. The van der Waals surface area contributed by atoms with Crippen molar-refractivity contribution in [1.29, 1.82) is 0 Å². The van der Waals surface area contributed by atoms with E-state index in [-0.39, 0.29) is 18.4 Å². The zero-order valence-electron chi connectivity index (χ0n) is 15.2. The van der Waals surface area contributed by atoms with Crippen LogP contribution in [0.25, 0.3) is 0 Å². The van der Waals surface area contributed by atoms with Gasteiger partial charge >= 0.3 is 0 Å². The van der Waals surface area contributed by atoms with E-state index in [9.17, 15) is 9.59 Å². The van der Waals surface area contributed by atoms with Crippen molar-refractivity contribution >= 4 is 17.5 Å². The second-order valence-corrected chi connectivity index (χ2v) is 7.18. The van der Waals surface area contributed by atoms with Crippen molar-refractivity contribution in [1.82, 2.24) is 9.80 Å². The molecule has 0 aromatic heterocycles. The van der Waals surface area contributed by atoms with Gasteiger partial charge in [-0.3, -0.25) is 9.59 Å². The summed E-state index contributed by atoms with van der Waals surface area (Å²) in [4.78, 5) is 30.9. The van der Waals surface area contributed by atoms with Crippen molar-refractivity contribution < 1.29 is 9.59 Å². The number of para-hydroxylation sites is 1. The van der Waals surface area contributed by atoms with Crippen molar-refractivity contribution in [2.45, 2.75) is 45.1 Å². The van der Waals surface area contributed by atoms with Gasteiger partial charge in [-0.25, -0.2) is 0 Å². The number of piperidine rings is 1. The van der Waals surface area contributed by atoms with E-state index in [1.54, 1.807) is 9.80 Å². The molecule has 2 aliphatic heterocycles. The van der Waals surface area contributed by atoms with E-state index < -0.39 is 0 Å². The largest absolute Gasteiger partial charge is 0.332 e. The number of likely N-dealkylation sites (tertiary alicyclic amines) is 1. The Bertz CT molecular complexity index is 584. The predicted molar refractivity (Wildman–Crippen MR) is 99.5 cm³/mol. The monoisotopic (exact) mass is 343 g/mol. The van der Waals surface area contributed by atoms with Crippen LogP contribution in [-0.2, 0) is 9.59 Å². The number of rotatable bonds is 5. The zero-order chi connectivity index (χ0) is 17.6. The highest BCUT2D eigenvalue weighted by Crippen LogP contribution is 2.18. The molecule has 5 heteroatoms. The van der Waals surface area contributed by atoms with Crippen LogP contribution >= 0.6 is 0 Å². The summed E-state index contributed by atoms with van der Waals surface area (Å²) in [5.41, 5.74) is 0.915. The summed E-state index contributed by atoms with van der Waals surface area (Å²) in [6, 6.07) is 10.1. The van der Waals surface area contributed by atoms with Crippen molar-refractivity contribution in [3.05, 3.63) is 30.3 Å². The smallest absolute Gasteiger partial charge is 0.246 e. The molecule has 2 heterocycles. The molecular formula is C20H29N3O2. The molecule has 136 valence electrons. The molecule has 0 N–H and O–H groups in total.